The minimum atomic E-state index is -0.226. The molecule has 6 heteroatoms. The third-order valence-electron chi connectivity index (χ3n) is 6.97. The van der Waals surface area contributed by atoms with E-state index in [0.717, 1.165) is 17.8 Å². The third-order valence-corrected chi connectivity index (χ3v) is 6.97. The highest BCUT2D eigenvalue weighted by Gasteiger charge is 2.51. The number of anilines is 1. The zero-order valence-corrected chi connectivity index (χ0v) is 16.2. The molecular formula is C22H28N2O4. The zero-order valence-electron chi connectivity index (χ0n) is 16.2. The van der Waals surface area contributed by atoms with Crippen molar-refractivity contribution in [3.63, 3.8) is 0 Å². The minimum Gasteiger partial charge on any atom is -0.486 e. The fraction of sp³-hybridized carbons (Fsp3) is 0.636. The van der Waals surface area contributed by atoms with E-state index in [9.17, 15) is 9.59 Å². The highest BCUT2D eigenvalue weighted by molar-refractivity contribution is 5.94. The summed E-state index contributed by atoms with van der Waals surface area (Å²) in [5, 5.41) is 5.65. The van der Waals surface area contributed by atoms with Crippen molar-refractivity contribution in [1.29, 1.82) is 0 Å². The molecule has 2 N–H and O–H groups in total. The van der Waals surface area contributed by atoms with E-state index in [0.29, 0.717) is 36.8 Å². The lowest BCUT2D eigenvalue weighted by atomic mass is 9.49. The van der Waals surface area contributed by atoms with Gasteiger partial charge in [-0.25, -0.2) is 0 Å². The molecule has 1 aromatic carbocycles. The Hall–Kier alpha value is -2.24. The summed E-state index contributed by atoms with van der Waals surface area (Å²) in [5.41, 5.74) is 0.843. The SMILES string of the molecule is O=C(CC12CC3CC(CC(C3)C1)C2)NCC(=O)Nc1ccc2c(c1)OCCO2. The normalized spacial score (nSPS) is 32.1. The fourth-order valence-electron chi connectivity index (χ4n) is 6.41. The Morgan fingerprint density at radius 2 is 1.57 bits per heavy atom. The fourth-order valence-corrected chi connectivity index (χ4v) is 6.41. The van der Waals surface area contributed by atoms with Crippen molar-refractivity contribution in [1.82, 2.24) is 5.32 Å². The van der Waals surface area contributed by atoms with E-state index in [4.69, 9.17) is 9.47 Å². The Kier molecular flexibility index (Phi) is 4.44. The number of carbonyl (C=O) groups is 2. The van der Waals surface area contributed by atoms with Gasteiger partial charge in [0.05, 0.1) is 6.54 Å². The molecule has 0 unspecified atom stereocenters. The van der Waals surface area contributed by atoms with Crippen LogP contribution in [0.1, 0.15) is 44.9 Å². The Morgan fingerprint density at radius 1 is 0.929 bits per heavy atom. The van der Waals surface area contributed by atoms with Crippen molar-refractivity contribution in [2.75, 3.05) is 25.1 Å². The molecule has 28 heavy (non-hydrogen) atoms. The molecule has 0 spiro atoms. The number of nitrogens with one attached hydrogen (secondary N) is 2. The molecule has 0 saturated heterocycles. The van der Waals surface area contributed by atoms with Crippen LogP contribution in [-0.4, -0.2) is 31.6 Å². The summed E-state index contributed by atoms with van der Waals surface area (Å²) in [4.78, 5) is 24.8. The molecule has 4 saturated carbocycles. The van der Waals surface area contributed by atoms with E-state index in [1.165, 1.54) is 38.5 Å². The summed E-state index contributed by atoms with van der Waals surface area (Å²) < 4.78 is 11.0. The predicted molar refractivity (Wildman–Crippen MR) is 104 cm³/mol. The van der Waals surface area contributed by atoms with Gasteiger partial charge in [0.2, 0.25) is 11.8 Å². The Morgan fingerprint density at radius 3 is 2.25 bits per heavy atom. The van der Waals surface area contributed by atoms with Gasteiger partial charge in [-0.15, -0.1) is 0 Å². The maximum atomic E-state index is 12.5. The third kappa shape index (κ3) is 3.56. The van der Waals surface area contributed by atoms with Crippen LogP contribution in [0.25, 0.3) is 0 Å². The smallest absolute Gasteiger partial charge is 0.243 e. The van der Waals surface area contributed by atoms with Crippen molar-refractivity contribution < 1.29 is 19.1 Å². The second-order valence-corrected chi connectivity index (χ2v) is 9.28. The molecule has 6 rings (SSSR count). The molecule has 0 radical (unpaired) electrons. The van der Waals surface area contributed by atoms with Gasteiger partial charge in [0, 0.05) is 18.2 Å². The van der Waals surface area contributed by atoms with Crippen LogP contribution in [-0.2, 0) is 9.59 Å². The topological polar surface area (TPSA) is 76.7 Å². The number of fused-ring (bicyclic) bond motifs is 1. The van der Waals surface area contributed by atoms with Crippen LogP contribution in [0.4, 0.5) is 5.69 Å². The first kappa shape index (κ1) is 17.8. The molecule has 0 aromatic heterocycles. The van der Waals surface area contributed by atoms with Gasteiger partial charge in [-0.2, -0.15) is 0 Å². The number of hydrogen-bond acceptors (Lipinski definition) is 4. The van der Waals surface area contributed by atoms with Gasteiger partial charge in [0.1, 0.15) is 13.2 Å². The lowest BCUT2D eigenvalue weighted by Crippen LogP contribution is -2.48. The van der Waals surface area contributed by atoms with Crippen LogP contribution in [0.3, 0.4) is 0 Å². The monoisotopic (exact) mass is 384 g/mol. The van der Waals surface area contributed by atoms with Crippen molar-refractivity contribution in [2.45, 2.75) is 44.9 Å². The summed E-state index contributed by atoms with van der Waals surface area (Å²) in [5.74, 6) is 3.60. The second kappa shape index (κ2) is 6.98. The van der Waals surface area contributed by atoms with E-state index in [-0.39, 0.29) is 23.8 Å². The maximum Gasteiger partial charge on any atom is 0.243 e. The van der Waals surface area contributed by atoms with Gasteiger partial charge in [0.15, 0.2) is 11.5 Å². The number of ether oxygens (including phenoxy) is 2. The number of carbonyl (C=O) groups excluding carboxylic acids is 2. The van der Waals surface area contributed by atoms with Crippen LogP contribution >= 0.6 is 0 Å². The van der Waals surface area contributed by atoms with E-state index in [1.807, 2.05) is 0 Å². The van der Waals surface area contributed by atoms with Gasteiger partial charge >= 0.3 is 0 Å². The lowest BCUT2D eigenvalue weighted by molar-refractivity contribution is -0.131. The largest absolute Gasteiger partial charge is 0.486 e. The molecule has 6 nitrogen and oxygen atoms in total. The average Bonchev–Trinajstić information content (AvgIpc) is 2.65. The first-order valence-corrected chi connectivity index (χ1v) is 10.5. The van der Waals surface area contributed by atoms with E-state index >= 15 is 0 Å². The molecule has 1 aliphatic heterocycles. The van der Waals surface area contributed by atoms with Crippen LogP contribution < -0.4 is 20.1 Å². The lowest BCUT2D eigenvalue weighted by Gasteiger charge is -2.56. The molecule has 4 aliphatic carbocycles. The molecule has 1 aromatic rings. The summed E-state index contributed by atoms with van der Waals surface area (Å²) in [6.07, 6.45) is 8.31. The van der Waals surface area contributed by atoms with Gasteiger partial charge in [-0.05, 0) is 73.8 Å². The van der Waals surface area contributed by atoms with Crippen molar-refractivity contribution >= 4 is 17.5 Å². The van der Waals surface area contributed by atoms with E-state index in [1.54, 1.807) is 18.2 Å². The van der Waals surface area contributed by atoms with E-state index in [2.05, 4.69) is 10.6 Å². The van der Waals surface area contributed by atoms with Crippen LogP contribution in [0.2, 0.25) is 0 Å². The molecular weight excluding hydrogens is 356 g/mol. The van der Waals surface area contributed by atoms with Crippen molar-refractivity contribution in [2.24, 2.45) is 23.2 Å². The molecule has 4 fully saturated rings. The summed E-state index contributed by atoms with van der Waals surface area (Å²) in [7, 11) is 0. The van der Waals surface area contributed by atoms with Crippen molar-refractivity contribution in [3.8, 4) is 11.5 Å². The molecule has 5 aliphatic rings. The quantitative estimate of drug-likeness (QED) is 0.818. The van der Waals surface area contributed by atoms with Gasteiger partial charge in [-0.3, -0.25) is 9.59 Å². The van der Waals surface area contributed by atoms with Crippen LogP contribution in [0.15, 0.2) is 18.2 Å². The first-order chi connectivity index (χ1) is 13.6. The average molecular weight is 384 g/mol. The van der Waals surface area contributed by atoms with Gasteiger partial charge in [0.25, 0.3) is 0 Å². The number of hydrogen-bond donors (Lipinski definition) is 2. The Bertz CT molecular complexity index is 755. The second-order valence-electron chi connectivity index (χ2n) is 9.28. The summed E-state index contributed by atoms with van der Waals surface area (Å²) in [6.45, 7) is 1.04. The highest BCUT2D eigenvalue weighted by atomic mass is 16.6. The predicted octanol–water partition coefficient (Wildman–Crippen LogP) is 3.12. The highest BCUT2D eigenvalue weighted by Crippen LogP contribution is 2.61. The Labute approximate surface area is 165 Å². The molecule has 4 bridgehead atoms. The minimum absolute atomic E-state index is 0.000356. The molecule has 2 amide bonds. The van der Waals surface area contributed by atoms with Crippen LogP contribution in [0, 0.1) is 23.2 Å². The standard InChI is InChI=1S/C22H28N2O4/c25-20(12-22-9-14-5-15(10-22)7-16(6-14)11-22)23-13-21(26)24-17-1-2-18-19(8-17)28-4-3-27-18/h1-2,8,14-16H,3-7,9-13H2,(H,23,25)(H,24,26). The van der Waals surface area contributed by atoms with Crippen molar-refractivity contribution in [3.05, 3.63) is 18.2 Å². The van der Waals surface area contributed by atoms with Gasteiger partial charge < -0.3 is 20.1 Å². The Balaban J connectivity index is 1.12. The summed E-state index contributed by atoms with van der Waals surface area (Å²) >= 11 is 0. The molecule has 150 valence electrons. The number of rotatable bonds is 5. The summed E-state index contributed by atoms with van der Waals surface area (Å²) in [6, 6.07) is 5.32. The zero-order chi connectivity index (χ0) is 19.1. The van der Waals surface area contributed by atoms with Gasteiger partial charge in [-0.1, -0.05) is 0 Å². The van der Waals surface area contributed by atoms with E-state index < -0.39 is 0 Å². The molecule has 0 atom stereocenters. The van der Waals surface area contributed by atoms with Crippen LogP contribution in [0.5, 0.6) is 11.5 Å². The molecule has 1 heterocycles. The maximum absolute atomic E-state index is 12.5. The number of amides is 2. The number of benzene rings is 1. The first-order valence-electron chi connectivity index (χ1n) is 10.5.